The first kappa shape index (κ1) is 18.3. The summed E-state index contributed by atoms with van der Waals surface area (Å²) in [5.41, 5.74) is 14.2. The van der Waals surface area contributed by atoms with Gasteiger partial charge in [-0.3, -0.25) is 0 Å². The maximum Gasteiger partial charge on any atom is 0.492 e. The Balaban J connectivity index is 1.78. The molecular weight excluding hydrogens is 361 g/mol. The van der Waals surface area contributed by atoms with Gasteiger partial charge in [-0.1, -0.05) is 18.2 Å². The molecule has 5 nitrogen and oxygen atoms in total. The van der Waals surface area contributed by atoms with Gasteiger partial charge in [-0.2, -0.15) is 0 Å². The molecule has 29 heavy (non-hydrogen) atoms. The summed E-state index contributed by atoms with van der Waals surface area (Å²) in [7, 11) is -0.916. The predicted molar refractivity (Wildman–Crippen MR) is 118 cm³/mol. The van der Waals surface area contributed by atoms with E-state index in [1.807, 2.05) is 38.1 Å². The third-order valence-electron chi connectivity index (χ3n) is 6.34. The number of nitrogen functional groups attached to an aromatic ring is 1. The normalized spacial score (nSPS) is 17.3. The van der Waals surface area contributed by atoms with E-state index in [1.54, 1.807) is 0 Å². The van der Waals surface area contributed by atoms with Crippen LogP contribution in [0.15, 0.2) is 30.3 Å². The number of anilines is 1. The van der Waals surface area contributed by atoms with E-state index in [4.69, 9.17) is 20.8 Å². The van der Waals surface area contributed by atoms with Crippen molar-refractivity contribution in [2.45, 2.75) is 45.1 Å². The van der Waals surface area contributed by atoms with Crippen LogP contribution in [0.2, 0.25) is 0 Å². The van der Waals surface area contributed by atoms with E-state index in [0.717, 1.165) is 64.4 Å². The molecule has 2 heterocycles. The van der Waals surface area contributed by atoms with E-state index in [9.17, 15) is 5.02 Å². The number of benzene rings is 2. The number of aromatic nitrogens is 1. The highest BCUT2D eigenvalue weighted by Crippen LogP contribution is 2.38. The number of aryl methyl sites for hydroxylation is 1. The van der Waals surface area contributed by atoms with Gasteiger partial charge in [0.25, 0.3) is 0 Å². The van der Waals surface area contributed by atoms with Crippen molar-refractivity contribution in [2.75, 3.05) is 5.73 Å². The molecule has 0 amide bonds. The average Bonchev–Trinajstić information content (AvgIpc) is 2.95. The van der Waals surface area contributed by atoms with Gasteiger partial charge in [0.15, 0.2) is 0 Å². The van der Waals surface area contributed by atoms with E-state index >= 15 is 0 Å². The fourth-order valence-corrected chi connectivity index (χ4v) is 4.93. The Kier molecular flexibility index (Phi) is 4.05. The fraction of sp³-hybridized carbons (Fsp3) is 0.304. The molecule has 0 spiro atoms. The first-order valence-corrected chi connectivity index (χ1v) is 10.2. The highest BCUT2D eigenvalue weighted by molar-refractivity contribution is 6.62. The molecule has 1 aromatic heterocycles. The van der Waals surface area contributed by atoms with Crippen LogP contribution in [0.3, 0.4) is 0 Å². The zero-order chi connectivity index (χ0) is 20.3. The SMILES string of the molecule is CC1(C)OB(O)c2cc(-c3nc4ccc(N)c(C=N)c4c4c3CCCC4)ccc21. The van der Waals surface area contributed by atoms with Crippen LogP contribution in [0, 0.1) is 5.41 Å². The van der Waals surface area contributed by atoms with Crippen LogP contribution in [-0.2, 0) is 23.1 Å². The molecule has 0 bridgehead atoms. The Hall–Kier alpha value is -2.70. The summed E-state index contributed by atoms with van der Waals surface area (Å²) in [5, 5.41) is 19.3. The molecular formula is C23H24BN3O2. The summed E-state index contributed by atoms with van der Waals surface area (Å²) in [6, 6.07) is 9.93. The standard InChI is InChI=1S/C23H24BN3O2/c1-23(2)17-8-7-13(11-18(17)24(28)29-23)22-15-6-4-3-5-14(15)21-16(12-25)19(26)9-10-20(21)27-22/h7-12,25,28H,3-6,26H2,1-2H3. The van der Waals surface area contributed by atoms with Crippen LogP contribution in [0.1, 0.15) is 48.9 Å². The number of hydrogen-bond acceptors (Lipinski definition) is 5. The smallest absolute Gasteiger partial charge is 0.423 e. The van der Waals surface area contributed by atoms with Gasteiger partial charge in [0.1, 0.15) is 0 Å². The maximum atomic E-state index is 10.4. The van der Waals surface area contributed by atoms with Gasteiger partial charge >= 0.3 is 7.12 Å². The van der Waals surface area contributed by atoms with Crippen molar-refractivity contribution in [3.8, 4) is 11.3 Å². The van der Waals surface area contributed by atoms with E-state index in [1.165, 1.54) is 17.3 Å². The minimum Gasteiger partial charge on any atom is -0.423 e. The second-order valence-electron chi connectivity index (χ2n) is 8.51. The molecule has 0 unspecified atom stereocenters. The Morgan fingerprint density at radius 1 is 1.17 bits per heavy atom. The summed E-state index contributed by atoms with van der Waals surface area (Å²) in [5.74, 6) is 0. The number of nitrogens with two attached hydrogens (primary N) is 1. The predicted octanol–water partition coefficient (Wildman–Crippen LogP) is 3.31. The lowest BCUT2D eigenvalue weighted by atomic mass is 9.76. The van der Waals surface area contributed by atoms with Crippen molar-refractivity contribution in [1.82, 2.24) is 4.98 Å². The Morgan fingerprint density at radius 3 is 2.69 bits per heavy atom. The number of nitrogens with zero attached hydrogens (tertiary/aromatic N) is 1. The van der Waals surface area contributed by atoms with Crippen molar-refractivity contribution < 1.29 is 9.68 Å². The lowest BCUT2D eigenvalue weighted by Crippen LogP contribution is -2.28. The summed E-state index contributed by atoms with van der Waals surface area (Å²) in [6.45, 7) is 3.95. The lowest BCUT2D eigenvalue weighted by Gasteiger charge is -2.23. The number of pyridine rings is 1. The Morgan fingerprint density at radius 2 is 1.93 bits per heavy atom. The summed E-state index contributed by atoms with van der Waals surface area (Å²) < 4.78 is 5.73. The summed E-state index contributed by atoms with van der Waals surface area (Å²) in [4.78, 5) is 5.01. The molecule has 0 saturated heterocycles. The number of hydrogen-bond donors (Lipinski definition) is 3. The Bertz CT molecular complexity index is 1170. The van der Waals surface area contributed by atoms with Crippen LogP contribution in [0.4, 0.5) is 5.69 Å². The third-order valence-corrected chi connectivity index (χ3v) is 6.34. The van der Waals surface area contributed by atoms with Crippen LogP contribution in [0.5, 0.6) is 0 Å². The van der Waals surface area contributed by atoms with Gasteiger partial charge in [0.2, 0.25) is 0 Å². The molecule has 0 radical (unpaired) electrons. The minimum absolute atomic E-state index is 0.500. The minimum atomic E-state index is -0.916. The molecule has 2 aliphatic rings. The van der Waals surface area contributed by atoms with Crippen molar-refractivity contribution >= 4 is 35.4 Å². The first-order chi connectivity index (χ1) is 13.9. The molecule has 146 valence electrons. The largest absolute Gasteiger partial charge is 0.492 e. The van der Waals surface area contributed by atoms with Gasteiger partial charge in [-0.05, 0) is 73.8 Å². The molecule has 5 rings (SSSR count). The van der Waals surface area contributed by atoms with Gasteiger partial charge in [-0.15, -0.1) is 0 Å². The van der Waals surface area contributed by atoms with Crippen LogP contribution >= 0.6 is 0 Å². The third kappa shape index (κ3) is 2.70. The van der Waals surface area contributed by atoms with Gasteiger partial charge in [0, 0.05) is 28.4 Å². The lowest BCUT2D eigenvalue weighted by molar-refractivity contribution is 0.101. The highest BCUT2D eigenvalue weighted by atomic mass is 16.5. The van der Waals surface area contributed by atoms with Crippen LogP contribution in [0.25, 0.3) is 22.2 Å². The zero-order valence-electron chi connectivity index (χ0n) is 16.7. The number of nitrogens with one attached hydrogen (secondary N) is 1. The zero-order valence-corrected chi connectivity index (χ0v) is 16.7. The monoisotopic (exact) mass is 385 g/mol. The molecule has 1 aliphatic carbocycles. The number of rotatable bonds is 2. The number of fused-ring (bicyclic) bond motifs is 4. The molecule has 6 heteroatoms. The first-order valence-electron chi connectivity index (χ1n) is 10.2. The second kappa shape index (κ2) is 6.41. The topological polar surface area (TPSA) is 92.2 Å². The molecule has 3 aromatic rings. The maximum absolute atomic E-state index is 10.4. The van der Waals surface area contributed by atoms with Gasteiger partial charge in [0.05, 0.1) is 16.8 Å². The van der Waals surface area contributed by atoms with Crippen LogP contribution < -0.4 is 11.2 Å². The average molecular weight is 385 g/mol. The van der Waals surface area contributed by atoms with Crippen molar-refractivity contribution in [3.05, 3.63) is 52.6 Å². The molecule has 0 saturated carbocycles. The molecule has 0 fully saturated rings. The van der Waals surface area contributed by atoms with Gasteiger partial charge in [-0.25, -0.2) is 4.98 Å². The summed E-state index contributed by atoms with van der Waals surface area (Å²) in [6.07, 6.45) is 5.53. The quantitative estimate of drug-likeness (QED) is 0.359. The van der Waals surface area contributed by atoms with Gasteiger partial charge < -0.3 is 20.8 Å². The van der Waals surface area contributed by atoms with Crippen molar-refractivity contribution in [1.29, 1.82) is 5.41 Å². The van der Waals surface area contributed by atoms with E-state index < -0.39 is 12.7 Å². The molecule has 2 aromatic carbocycles. The van der Waals surface area contributed by atoms with Crippen molar-refractivity contribution in [3.63, 3.8) is 0 Å². The fourth-order valence-electron chi connectivity index (χ4n) is 4.93. The van der Waals surface area contributed by atoms with E-state index in [-0.39, 0.29) is 0 Å². The molecule has 4 N–H and O–H groups in total. The summed E-state index contributed by atoms with van der Waals surface area (Å²) >= 11 is 0. The van der Waals surface area contributed by atoms with Crippen molar-refractivity contribution in [2.24, 2.45) is 0 Å². The Labute approximate surface area is 170 Å². The van der Waals surface area contributed by atoms with Crippen LogP contribution in [-0.4, -0.2) is 23.3 Å². The second-order valence-corrected chi connectivity index (χ2v) is 8.51. The molecule has 1 aliphatic heterocycles. The van der Waals surface area contributed by atoms with E-state index in [2.05, 4.69) is 6.07 Å². The van der Waals surface area contributed by atoms with E-state index in [0.29, 0.717) is 5.69 Å². The highest BCUT2D eigenvalue weighted by Gasteiger charge is 2.40. The molecule has 0 atom stereocenters.